The molecule has 22 heavy (non-hydrogen) atoms. The molecule has 1 aliphatic heterocycles. The summed E-state index contributed by atoms with van der Waals surface area (Å²) in [7, 11) is 0. The Labute approximate surface area is 137 Å². The van der Waals surface area contributed by atoms with Crippen LogP contribution in [0.2, 0.25) is 5.02 Å². The molecule has 5 heteroatoms. The van der Waals surface area contributed by atoms with Crippen molar-refractivity contribution < 1.29 is 4.79 Å². The summed E-state index contributed by atoms with van der Waals surface area (Å²) in [6.07, 6.45) is 3.58. The quantitative estimate of drug-likeness (QED) is 0.925. The first-order chi connectivity index (χ1) is 10.7. The van der Waals surface area contributed by atoms with E-state index in [1.807, 2.05) is 17.0 Å². The van der Waals surface area contributed by atoms with Crippen molar-refractivity contribution in [2.45, 2.75) is 25.8 Å². The van der Waals surface area contributed by atoms with Crippen molar-refractivity contribution in [1.29, 1.82) is 0 Å². The summed E-state index contributed by atoms with van der Waals surface area (Å²) in [5, 5.41) is 3.84. The van der Waals surface area contributed by atoms with Crippen molar-refractivity contribution in [3.63, 3.8) is 0 Å². The number of benzene rings is 1. The Morgan fingerprint density at radius 2 is 1.91 bits per heavy atom. The van der Waals surface area contributed by atoms with E-state index in [1.54, 1.807) is 0 Å². The summed E-state index contributed by atoms with van der Waals surface area (Å²) in [6.45, 7) is 5.41. The highest BCUT2D eigenvalue weighted by Gasteiger charge is 2.24. The van der Waals surface area contributed by atoms with E-state index >= 15 is 0 Å². The lowest BCUT2D eigenvalue weighted by atomic mass is 10.2. The fourth-order valence-corrected chi connectivity index (χ4v) is 2.97. The molecule has 0 aromatic heterocycles. The van der Waals surface area contributed by atoms with Crippen LogP contribution in [0.15, 0.2) is 24.3 Å². The van der Waals surface area contributed by atoms with Crippen molar-refractivity contribution in [2.24, 2.45) is 5.92 Å². The minimum atomic E-state index is 0.111. The molecular weight excluding hydrogens is 298 g/mol. The van der Waals surface area contributed by atoms with E-state index in [0.29, 0.717) is 0 Å². The van der Waals surface area contributed by atoms with Crippen LogP contribution in [-0.4, -0.2) is 48.6 Å². The lowest BCUT2D eigenvalue weighted by Gasteiger charge is -2.22. The van der Waals surface area contributed by atoms with Gasteiger partial charge in [0.1, 0.15) is 0 Å². The van der Waals surface area contributed by atoms with Gasteiger partial charge in [0, 0.05) is 44.3 Å². The van der Waals surface area contributed by atoms with Gasteiger partial charge < -0.3 is 10.2 Å². The molecule has 0 unspecified atom stereocenters. The number of halogens is 1. The standard InChI is InChI=1S/C17H24ClN3O/c18-16-6-4-15(5-7-16)13-20-8-1-9-21(11-10-20)17(22)19-12-14-2-3-14/h4-7,14H,1-3,8-13H2,(H,19,22). The van der Waals surface area contributed by atoms with Gasteiger partial charge in [0.15, 0.2) is 0 Å². The van der Waals surface area contributed by atoms with Crippen LogP contribution in [0.4, 0.5) is 4.79 Å². The second-order valence-electron chi connectivity index (χ2n) is 6.37. The number of carbonyl (C=O) groups excluding carboxylic acids is 1. The molecule has 2 aliphatic rings. The van der Waals surface area contributed by atoms with Crippen LogP contribution in [0.25, 0.3) is 0 Å². The van der Waals surface area contributed by atoms with Crippen LogP contribution in [-0.2, 0) is 6.54 Å². The van der Waals surface area contributed by atoms with Crippen molar-refractivity contribution in [2.75, 3.05) is 32.7 Å². The first-order valence-corrected chi connectivity index (χ1v) is 8.58. The first-order valence-electron chi connectivity index (χ1n) is 8.20. The van der Waals surface area contributed by atoms with Crippen molar-refractivity contribution >= 4 is 17.6 Å². The molecule has 120 valence electrons. The van der Waals surface area contributed by atoms with Gasteiger partial charge in [-0.2, -0.15) is 0 Å². The number of nitrogens with zero attached hydrogens (tertiary/aromatic N) is 2. The molecule has 3 rings (SSSR count). The fourth-order valence-electron chi connectivity index (χ4n) is 2.85. The third-order valence-corrected chi connectivity index (χ3v) is 4.69. The van der Waals surface area contributed by atoms with Crippen molar-refractivity contribution in [3.05, 3.63) is 34.9 Å². The number of nitrogens with one attached hydrogen (secondary N) is 1. The molecule has 1 saturated heterocycles. The van der Waals surface area contributed by atoms with Gasteiger partial charge in [0.05, 0.1) is 0 Å². The van der Waals surface area contributed by atoms with E-state index in [0.717, 1.165) is 56.6 Å². The largest absolute Gasteiger partial charge is 0.338 e. The zero-order valence-electron chi connectivity index (χ0n) is 12.9. The maximum Gasteiger partial charge on any atom is 0.317 e. The van der Waals surface area contributed by atoms with Gasteiger partial charge >= 0.3 is 6.03 Å². The minimum Gasteiger partial charge on any atom is -0.338 e. The maximum absolute atomic E-state index is 12.2. The van der Waals surface area contributed by atoms with Crippen LogP contribution in [0.3, 0.4) is 0 Å². The van der Waals surface area contributed by atoms with E-state index in [9.17, 15) is 4.79 Å². The normalized spacial score (nSPS) is 19.8. The van der Waals surface area contributed by atoms with Crippen LogP contribution in [0.1, 0.15) is 24.8 Å². The predicted molar refractivity (Wildman–Crippen MR) is 89.0 cm³/mol. The smallest absolute Gasteiger partial charge is 0.317 e. The van der Waals surface area contributed by atoms with E-state index in [4.69, 9.17) is 11.6 Å². The Morgan fingerprint density at radius 1 is 1.14 bits per heavy atom. The molecule has 2 fully saturated rings. The van der Waals surface area contributed by atoms with Crippen molar-refractivity contribution in [3.8, 4) is 0 Å². The van der Waals surface area contributed by atoms with Gasteiger partial charge in [-0.15, -0.1) is 0 Å². The molecule has 0 spiro atoms. The third-order valence-electron chi connectivity index (χ3n) is 4.43. The molecule has 1 heterocycles. The summed E-state index contributed by atoms with van der Waals surface area (Å²) < 4.78 is 0. The van der Waals surface area contributed by atoms with Crippen LogP contribution in [0, 0.1) is 5.92 Å². The number of amides is 2. The molecule has 1 saturated carbocycles. The van der Waals surface area contributed by atoms with Gasteiger partial charge in [-0.1, -0.05) is 23.7 Å². The number of hydrogen-bond donors (Lipinski definition) is 1. The van der Waals surface area contributed by atoms with Crippen LogP contribution < -0.4 is 5.32 Å². The second kappa shape index (κ2) is 7.34. The molecule has 0 radical (unpaired) electrons. The number of urea groups is 1. The number of carbonyl (C=O) groups is 1. The van der Waals surface area contributed by atoms with Crippen molar-refractivity contribution in [1.82, 2.24) is 15.1 Å². The number of hydrogen-bond acceptors (Lipinski definition) is 2. The topological polar surface area (TPSA) is 35.6 Å². The lowest BCUT2D eigenvalue weighted by molar-refractivity contribution is 0.197. The summed E-state index contributed by atoms with van der Waals surface area (Å²) in [4.78, 5) is 16.5. The molecule has 0 bridgehead atoms. The molecule has 0 atom stereocenters. The zero-order chi connectivity index (χ0) is 15.4. The maximum atomic E-state index is 12.2. The first kappa shape index (κ1) is 15.6. The third kappa shape index (κ3) is 4.62. The van der Waals surface area contributed by atoms with Gasteiger partial charge in [-0.3, -0.25) is 4.90 Å². The average molecular weight is 322 g/mol. The number of rotatable bonds is 4. The zero-order valence-corrected chi connectivity index (χ0v) is 13.7. The molecule has 4 nitrogen and oxygen atoms in total. The molecule has 1 aliphatic carbocycles. The Hall–Kier alpha value is -1.26. The summed E-state index contributed by atoms with van der Waals surface area (Å²) in [5.41, 5.74) is 1.27. The Kier molecular flexibility index (Phi) is 5.21. The van der Waals surface area contributed by atoms with Crippen LogP contribution >= 0.6 is 11.6 Å². The monoisotopic (exact) mass is 321 g/mol. The molecule has 1 aromatic rings. The van der Waals surface area contributed by atoms with E-state index < -0.39 is 0 Å². The summed E-state index contributed by atoms with van der Waals surface area (Å²) >= 11 is 5.93. The Balaban J connectivity index is 1.46. The summed E-state index contributed by atoms with van der Waals surface area (Å²) in [5.74, 6) is 0.734. The van der Waals surface area contributed by atoms with Gasteiger partial charge in [-0.25, -0.2) is 4.79 Å². The van der Waals surface area contributed by atoms with Gasteiger partial charge in [0.2, 0.25) is 0 Å². The molecule has 1 aromatic carbocycles. The highest BCUT2D eigenvalue weighted by atomic mass is 35.5. The fraction of sp³-hybridized carbons (Fsp3) is 0.588. The minimum absolute atomic E-state index is 0.111. The average Bonchev–Trinajstić information content (AvgIpc) is 3.34. The molecule has 1 N–H and O–H groups in total. The van der Waals surface area contributed by atoms with E-state index in [-0.39, 0.29) is 6.03 Å². The van der Waals surface area contributed by atoms with E-state index in [1.165, 1.54) is 18.4 Å². The Morgan fingerprint density at radius 3 is 2.64 bits per heavy atom. The van der Waals surface area contributed by atoms with Gasteiger partial charge in [0.25, 0.3) is 0 Å². The van der Waals surface area contributed by atoms with Gasteiger partial charge in [-0.05, 0) is 42.9 Å². The highest BCUT2D eigenvalue weighted by Crippen LogP contribution is 2.27. The SMILES string of the molecule is O=C(NCC1CC1)N1CCCN(Cc2ccc(Cl)cc2)CC1. The van der Waals surface area contributed by atoms with E-state index in [2.05, 4.69) is 22.3 Å². The Bertz CT molecular complexity index is 501. The van der Waals surface area contributed by atoms with Crippen LogP contribution in [0.5, 0.6) is 0 Å². The molecule has 2 amide bonds. The second-order valence-corrected chi connectivity index (χ2v) is 6.81. The molecular formula is C17H24ClN3O. The lowest BCUT2D eigenvalue weighted by Crippen LogP contribution is -2.42. The highest BCUT2D eigenvalue weighted by molar-refractivity contribution is 6.30. The predicted octanol–water partition coefficient (Wildman–Crippen LogP) is 2.97. The summed E-state index contributed by atoms with van der Waals surface area (Å²) in [6, 6.07) is 8.14.